The highest BCUT2D eigenvalue weighted by Gasteiger charge is 2.30. The van der Waals surface area contributed by atoms with Crippen LogP contribution in [0.25, 0.3) is 0 Å². The van der Waals surface area contributed by atoms with Crippen LogP contribution in [-0.2, 0) is 24.3 Å². The monoisotopic (exact) mass is 300 g/mol. The summed E-state index contributed by atoms with van der Waals surface area (Å²) in [6.45, 7) is 1.34. The molecule has 1 aliphatic rings. The van der Waals surface area contributed by atoms with Crippen LogP contribution in [0.2, 0.25) is 5.02 Å². The second-order valence-electron chi connectivity index (χ2n) is 5.39. The number of carbonyl (C=O) groups excluding carboxylic acids is 1. The minimum Gasteiger partial charge on any atom is -0.368 e. The summed E-state index contributed by atoms with van der Waals surface area (Å²) in [5.41, 5.74) is 9.07. The van der Waals surface area contributed by atoms with Crippen LogP contribution >= 0.6 is 11.6 Å². The number of rotatable bonds is 3. The number of benzene rings is 2. The third kappa shape index (κ3) is 2.94. The van der Waals surface area contributed by atoms with E-state index in [0.717, 1.165) is 17.1 Å². The van der Waals surface area contributed by atoms with Crippen molar-refractivity contribution in [1.82, 2.24) is 4.90 Å². The molecule has 0 bridgehead atoms. The Labute approximate surface area is 129 Å². The molecular weight excluding hydrogens is 284 g/mol. The molecule has 1 heterocycles. The number of halogens is 1. The van der Waals surface area contributed by atoms with Gasteiger partial charge in [-0.2, -0.15) is 0 Å². The molecule has 0 saturated heterocycles. The van der Waals surface area contributed by atoms with Crippen molar-refractivity contribution in [1.29, 1.82) is 0 Å². The number of fused-ring (bicyclic) bond motifs is 1. The zero-order chi connectivity index (χ0) is 14.8. The summed E-state index contributed by atoms with van der Waals surface area (Å²) in [5, 5.41) is 0.722. The maximum absolute atomic E-state index is 11.8. The molecule has 3 nitrogen and oxygen atoms in total. The molecule has 0 spiro atoms. The van der Waals surface area contributed by atoms with Crippen LogP contribution < -0.4 is 5.73 Å². The Hall–Kier alpha value is -1.84. The predicted molar refractivity (Wildman–Crippen MR) is 83.8 cm³/mol. The van der Waals surface area contributed by atoms with Gasteiger partial charge in [-0.1, -0.05) is 54.1 Å². The molecule has 0 saturated carbocycles. The molecule has 3 rings (SSSR count). The van der Waals surface area contributed by atoms with E-state index in [1.54, 1.807) is 0 Å². The lowest BCUT2D eigenvalue weighted by molar-refractivity contribution is -0.124. The van der Waals surface area contributed by atoms with Crippen LogP contribution in [0.1, 0.15) is 16.7 Å². The fourth-order valence-corrected chi connectivity index (χ4v) is 3.06. The number of hydrogen-bond acceptors (Lipinski definition) is 2. The van der Waals surface area contributed by atoms with Gasteiger partial charge in [-0.05, 0) is 29.2 Å². The van der Waals surface area contributed by atoms with Crippen molar-refractivity contribution in [2.75, 3.05) is 0 Å². The van der Waals surface area contributed by atoms with Gasteiger partial charge in [0.2, 0.25) is 5.91 Å². The van der Waals surface area contributed by atoms with E-state index in [1.807, 2.05) is 36.4 Å². The molecule has 2 N–H and O–H groups in total. The van der Waals surface area contributed by atoms with Crippen LogP contribution in [0.3, 0.4) is 0 Å². The largest absolute Gasteiger partial charge is 0.368 e. The van der Waals surface area contributed by atoms with E-state index in [9.17, 15) is 4.79 Å². The van der Waals surface area contributed by atoms with E-state index in [4.69, 9.17) is 17.3 Å². The Morgan fingerprint density at radius 2 is 1.81 bits per heavy atom. The quantitative estimate of drug-likeness (QED) is 0.947. The number of nitrogens with zero attached hydrogens (tertiary/aromatic N) is 1. The molecule has 0 aromatic heterocycles. The molecule has 0 radical (unpaired) electrons. The standard InChI is InChI=1S/C17H17ClN2O/c18-15-8-4-3-7-14(15)11-20-10-13-6-2-1-5-12(13)9-16(20)17(19)21/h1-8,16H,9-11H2,(H2,19,21)/t16-/m1/s1. The normalized spacial score (nSPS) is 18.2. The highest BCUT2D eigenvalue weighted by atomic mass is 35.5. The first-order valence-corrected chi connectivity index (χ1v) is 7.36. The Bertz CT molecular complexity index is 671. The maximum atomic E-state index is 11.8. The van der Waals surface area contributed by atoms with Gasteiger partial charge in [0.15, 0.2) is 0 Å². The number of nitrogens with two attached hydrogens (primary N) is 1. The fourth-order valence-electron chi connectivity index (χ4n) is 2.87. The van der Waals surface area contributed by atoms with Crippen molar-refractivity contribution in [3.8, 4) is 0 Å². The Morgan fingerprint density at radius 1 is 1.14 bits per heavy atom. The van der Waals surface area contributed by atoms with Gasteiger partial charge >= 0.3 is 0 Å². The summed E-state index contributed by atoms with van der Waals surface area (Å²) in [4.78, 5) is 13.9. The lowest BCUT2D eigenvalue weighted by Gasteiger charge is -2.35. The number of hydrogen-bond donors (Lipinski definition) is 1. The first-order valence-electron chi connectivity index (χ1n) is 6.98. The summed E-state index contributed by atoms with van der Waals surface area (Å²) in [6, 6.07) is 15.6. The molecule has 2 aromatic carbocycles. The maximum Gasteiger partial charge on any atom is 0.235 e. The molecule has 2 aromatic rings. The first kappa shape index (κ1) is 14.1. The van der Waals surface area contributed by atoms with Crippen molar-refractivity contribution in [3.05, 3.63) is 70.2 Å². The number of amides is 1. The Kier molecular flexibility index (Phi) is 3.95. The minimum absolute atomic E-state index is 0.281. The minimum atomic E-state index is -0.281. The molecule has 21 heavy (non-hydrogen) atoms. The van der Waals surface area contributed by atoms with Gasteiger partial charge in [-0.3, -0.25) is 9.69 Å². The van der Waals surface area contributed by atoms with Gasteiger partial charge in [-0.15, -0.1) is 0 Å². The second kappa shape index (κ2) is 5.88. The third-order valence-electron chi connectivity index (χ3n) is 4.01. The Morgan fingerprint density at radius 3 is 2.52 bits per heavy atom. The molecule has 0 fully saturated rings. The van der Waals surface area contributed by atoms with E-state index < -0.39 is 0 Å². The average Bonchev–Trinajstić information content (AvgIpc) is 2.48. The van der Waals surface area contributed by atoms with Crippen LogP contribution in [0.4, 0.5) is 0 Å². The fraction of sp³-hybridized carbons (Fsp3) is 0.235. The summed E-state index contributed by atoms with van der Waals surface area (Å²) in [7, 11) is 0. The topological polar surface area (TPSA) is 46.3 Å². The zero-order valence-electron chi connectivity index (χ0n) is 11.6. The van der Waals surface area contributed by atoms with Crippen molar-refractivity contribution < 1.29 is 4.79 Å². The summed E-state index contributed by atoms with van der Waals surface area (Å²) in [6.07, 6.45) is 0.663. The Balaban J connectivity index is 1.89. The van der Waals surface area contributed by atoms with Gasteiger partial charge in [-0.25, -0.2) is 0 Å². The molecule has 1 aliphatic heterocycles. The highest BCUT2D eigenvalue weighted by Crippen LogP contribution is 2.26. The third-order valence-corrected chi connectivity index (χ3v) is 4.37. The molecule has 108 valence electrons. The molecular formula is C17H17ClN2O. The van der Waals surface area contributed by atoms with Crippen LogP contribution in [-0.4, -0.2) is 16.8 Å². The van der Waals surface area contributed by atoms with Gasteiger partial charge < -0.3 is 5.73 Å². The smallest absolute Gasteiger partial charge is 0.235 e. The van der Waals surface area contributed by atoms with E-state index in [2.05, 4.69) is 17.0 Å². The SMILES string of the molecule is NC(=O)[C@H]1Cc2ccccc2CN1Cc1ccccc1Cl. The molecule has 0 unspecified atom stereocenters. The molecule has 4 heteroatoms. The van der Waals surface area contributed by atoms with Crippen LogP contribution in [0.5, 0.6) is 0 Å². The highest BCUT2D eigenvalue weighted by molar-refractivity contribution is 6.31. The van der Waals surface area contributed by atoms with Crippen molar-refractivity contribution in [3.63, 3.8) is 0 Å². The van der Waals surface area contributed by atoms with Gasteiger partial charge in [0.1, 0.15) is 0 Å². The zero-order valence-corrected chi connectivity index (χ0v) is 12.4. The van der Waals surface area contributed by atoms with E-state index >= 15 is 0 Å². The summed E-state index contributed by atoms with van der Waals surface area (Å²) < 4.78 is 0. The van der Waals surface area contributed by atoms with Crippen LogP contribution in [0.15, 0.2) is 48.5 Å². The first-order chi connectivity index (χ1) is 10.1. The van der Waals surface area contributed by atoms with E-state index in [0.29, 0.717) is 13.0 Å². The van der Waals surface area contributed by atoms with Crippen LogP contribution in [0, 0.1) is 0 Å². The van der Waals surface area contributed by atoms with Gasteiger partial charge in [0.05, 0.1) is 6.04 Å². The van der Waals surface area contributed by atoms with Crippen molar-refractivity contribution in [2.45, 2.75) is 25.6 Å². The lowest BCUT2D eigenvalue weighted by Crippen LogP contribution is -2.48. The second-order valence-corrected chi connectivity index (χ2v) is 5.79. The van der Waals surface area contributed by atoms with Crippen molar-refractivity contribution >= 4 is 17.5 Å². The number of carbonyl (C=O) groups is 1. The van der Waals surface area contributed by atoms with Crippen molar-refractivity contribution in [2.24, 2.45) is 5.73 Å². The van der Waals surface area contributed by atoms with Gasteiger partial charge in [0.25, 0.3) is 0 Å². The lowest BCUT2D eigenvalue weighted by atomic mass is 9.93. The van der Waals surface area contributed by atoms with Gasteiger partial charge in [0, 0.05) is 18.1 Å². The predicted octanol–water partition coefficient (Wildman–Crippen LogP) is 2.75. The molecule has 1 amide bonds. The van der Waals surface area contributed by atoms with E-state index in [1.165, 1.54) is 11.1 Å². The summed E-state index contributed by atoms with van der Waals surface area (Å²) in [5.74, 6) is -0.281. The molecule has 0 aliphatic carbocycles. The molecule has 1 atom stereocenters. The van der Waals surface area contributed by atoms with E-state index in [-0.39, 0.29) is 11.9 Å². The summed E-state index contributed by atoms with van der Waals surface area (Å²) >= 11 is 6.23. The average molecular weight is 301 g/mol. The number of primary amides is 1.